The van der Waals surface area contributed by atoms with E-state index in [9.17, 15) is 9.59 Å². The second kappa shape index (κ2) is 7.92. The quantitative estimate of drug-likeness (QED) is 0.450. The number of ether oxygens (including phenoxy) is 1. The molecule has 2 amide bonds. The van der Waals surface area contributed by atoms with Gasteiger partial charge in [0.2, 0.25) is 0 Å². The molecule has 0 fully saturated rings. The average molecular weight is 477 g/mol. The number of amides is 2. The van der Waals surface area contributed by atoms with Gasteiger partial charge in [0.25, 0.3) is 11.8 Å². The van der Waals surface area contributed by atoms with E-state index >= 15 is 0 Å². The van der Waals surface area contributed by atoms with Crippen molar-refractivity contribution in [2.24, 2.45) is 0 Å². The van der Waals surface area contributed by atoms with Crippen molar-refractivity contribution in [3.8, 4) is 5.75 Å². The molecular weight excluding hydrogens is 456 g/mol. The van der Waals surface area contributed by atoms with Gasteiger partial charge in [0.15, 0.2) is 5.69 Å². The average Bonchev–Trinajstić information content (AvgIpc) is 3.41. The van der Waals surface area contributed by atoms with Crippen molar-refractivity contribution in [3.63, 3.8) is 0 Å². The molecule has 0 aliphatic carbocycles. The van der Waals surface area contributed by atoms with Gasteiger partial charge in [-0.2, -0.15) is 5.10 Å². The van der Waals surface area contributed by atoms with Gasteiger partial charge < -0.3 is 19.0 Å². The van der Waals surface area contributed by atoms with Gasteiger partial charge in [0.05, 0.1) is 18.5 Å². The Morgan fingerprint density at radius 3 is 2.79 bits per heavy atom. The zero-order valence-corrected chi connectivity index (χ0v) is 19.2. The van der Waals surface area contributed by atoms with Crippen molar-refractivity contribution in [3.05, 3.63) is 76.8 Å². The summed E-state index contributed by atoms with van der Waals surface area (Å²) in [4.78, 5) is 30.0. The highest BCUT2D eigenvalue weighted by Crippen LogP contribution is 2.37. The van der Waals surface area contributed by atoms with Crippen LogP contribution in [0.1, 0.15) is 21.6 Å². The number of aromatic nitrogens is 2. The summed E-state index contributed by atoms with van der Waals surface area (Å²) >= 11 is 6.59. The largest absolute Gasteiger partial charge is 0.489 e. The van der Waals surface area contributed by atoms with Gasteiger partial charge >= 0.3 is 0 Å². The molecule has 9 heteroatoms. The Hall–Kier alpha value is -3.78. The van der Waals surface area contributed by atoms with Crippen molar-refractivity contribution < 1.29 is 18.7 Å². The number of furan rings is 1. The van der Waals surface area contributed by atoms with Crippen LogP contribution in [-0.4, -0.2) is 52.7 Å². The molecule has 2 aromatic carbocycles. The molecule has 34 heavy (non-hydrogen) atoms. The first-order chi connectivity index (χ1) is 16.5. The fraction of sp³-hybridized carbons (Fsp3) is 0.240. The molecule has 6 rings (SSSR count). The molecule has 8 nitrogen and oxygen atoms in total. The third-order valence-corrected chi connectivity index (χ3v) is 6.93. The van der Waals surface area contributed by atoms with E-state index < -0.39 is 6.04 Å². The monoisotopic (exact) mass is 476 g/mol. The molecule has 172 valence electrons. The molecule has 4 aromatic rings. The summed E-state index contributed by atoms with van der Waals surface area (Å²) in [5.74, 6) is 0.0133. The van der Waals surface area contributed by atoms with E-state index in [-0.39, 0.29) is 18.4 Å². The lowest BCUT2D eigenvalue weighted by Gasteiger charge is -2.33. The Labute approximate surface area is 200 Å². The first-order valence-corrected chi connectivity index (χ1v) is 11.4. The number of hydrogen-bond donors (Lipinski definition) is 0. The van der Waals surface area contributed by atoms with E-state index in [0.717, 1.165) is 16.5 Å². The van der Waals surface area contributed by atoms with Crippen molar-refractivity contribution in [2.45, 2.75) is 19.0 Å². The number of anilines is 1. The number of carbonyl (C=O) groups excluding carboxylic acids is 2. The van der Waals surface area contributed by atoms with Gasteiger partial charge in [-0.15, -0.1) is 0 Å². The Balaban J connectivity index is 1.29. The smallest absolute Gasteiger partial charge is 0.275 e. The maximum atomic E-state index is 13.5. The summed E-state index contributed by atoms with van der Waals surface area (Å²) in [6.07, 6.45) is 2.11. The minimum absolute atomic E-state index is 0.0436. The van der Waals surface area contributed by atoms with Crippen molar-refractivity contribution in [1.29, 1.82) is 0 Å². The highest BCUT2D eigenvalue weighted by Gasteiger charge is 2.41. The number of benzene rings is 2. The lowest BCUT2D eigenvalue weighted by molar-refractivity contribution is -0.123. The number of hydrogen-bond acceptors (Lipinski definition) is 5. The normalized spacial score (nSPS) is 18.0. The molecule has 4 heterocycles. The van der Waals surface area contributed by atoms with Crippen LogP contribution in [0.15, 0.2) is 59.2 Å². The first kappa shape index (κ1) is 20.8. The van der Waals surface area contributed by atoms with Gasteiger partial charge in [-0.25, -0.2) is 4.68 Å². The molecule has 2 aliphatic heterocycles. The number of rotatable bonds is 3. The molecule has 0 radical (unpaired) electrons. The van der Waals surface area contributed by atoms with E-state index in [1.54, 1.807) is 33.9 Å². The van der Waals surface area contributed by atoms with Gasteiger partial charge in [0, 0.05) is 30.6 Å². The molecule has 2 aromatic heterocycles. The molecule has 1 atom stereocenters. The van der Waals surface area contributed by atoms with Crippen LogP contribution in [0, 0.1) is 0 Å². The number of fused-ring (bicyclic) bond motifs is 3. The maximum Gasteiger partial charge on any atom is 0.275 e. The third-order valence-electron chi connectivity index (χ3n) is 6.51. The summed E-state index contributed by atoms with van der Waals surface area (Å²) in [6, 6.07) is 14.5. The van der Waals surface area contributed by atoms with Crippen LogP contribution in [0.3, 0.4) is 0 Å². The molecule has 0 spiro atoms. The Morgan fingerprint density at radius 1 is 1.15 bits per heavy atom. The zero-order chi connectivity index (χ0) is 23.4. The lowest BCUT2D eigenvalue weighted by Crippen LogP contribution is -2.54. The fourth-order valence-electron chi connectivity index (χ4n) is 4.66. The van der Waals surface area contributed by atoms with Crippen molar-refractivity contribution in [2.75, 3.05) is 25.1 Å². The highest BCUT2D eigenvalue weighted by molar-refractivity contribution is 6.31. The van der Waals surface area contributed by atoms with Gasteiger partial charge in [0.1, 0.15) is 29.1 Å². The number of likely N-dealkylation sites (N-methyl/N-ethyl adjacent to an activating group) is 1. The predicted molar refractivity (Wildman–Crippen MR) is 126 cm³/mol. The van der Waals surface area contributed by atoms with Crippen molar-refractivity contribution >= 4 is 40.1 Å². The topological polar surface area (TPSA) is 80.8 Å². The van der Waals surface area contributed by atoms with E-state index in [4.69, 9.17) is 20.8 Å². The van der Waals surface area contributed by atoms with Crippen LogP contribution in [0.2, 0.25) is 5.15 Å². The molecular formula is C25H21ClN4O4. The predicted octanol–water partition coefficient (Wildman–Crippen LogP) is 3.75. The van der Waals surface area contributed by atoms with Crippen LogP contribution in [0.25, 0.3) is 11.0 Å². The number of halogens is 1. The molecule has 0 saturated carbocycles. The van der Waals surface area contributed by atoms with Crippen molar-refractivity contribution in [1.82, 2.24) is 14.7 Å². The van der Waals surface area contributed by atoms with Crippen LogP contribution in [0.5, 0.6) is 5.75 Å². The van der Waals surface area contributed by atoms with Crippen LogP contribution < -0.4 is 9.64 Å². The first-order valence-electron chi connectivity index (χ1n) is 11.0. The summed E-state index contributed by atoms with van der Waals surface area (Å²) in [7, 11) is 1.69. The zero-order valence-electron chi connectivity index (χ0n) is 18.4. The number of nitrogens with zero attached hydrogens (tertiary/aromatic N) is 4. The van der Waals surface area contributed by atoms with E-state index in [0.29, 0.717) is 47.4 Å². The molecule has 0 bridgehead atoms. The van der Waals surface area contributed by atoms with Crippen LogP contribution in [-0.2, 0) is 17.8 Å². The summed E-state index contributed by atoms with van der Waals surface area (Å²) in [5, 5.41) is 5.86. The van der Waals surface area contributed by atoms with Gasteiger partial charge in [-0.3, -0.25) is 9.59 Å². The lowest BCUT2D eigenvalue weighted by atomic mass is 10.0. The Bertz CT molecular complexity index is 1430. The Kier molecular flexibility index (Phi) is 4.84. The Morgan fingerprint density at radius 2 is 1.97 bits per heavy atom. The highest BCUT2D eigenvalue weighted by atomic mass is 35.5. The summed E-state index contributed by atoms with van der Waals surface area (Å²) in [5.41, 5.74) is 3.36. The minimum Gasteiger partial charge on any atom is -0.489 e. The summed E-state index contributed by atoms with van der Waals surface area (Å²) in [6.45, 7) is 0.863. The third kappa shape index (κ3) is 3.25. The SMILES string of the molecule is CN1C(=O)[C@@H](N2CCc3c(nn(Cc4ccccc4)c3Cl)C2=O)COc2cc3occc3cc21. The standard InChI is InChI=1S/C25H21ClN4O4/c1-28-18-11-16-8-10-33-20(16)12-21(18)34-14-19(24(28)31)29-9-7-17-22(25(29)32)27-30(23(17)26)13-15-5-3-2-4-6-15/h2-6,8,10-12,19H,7,9,13-14H2,1H3/t19-/m0/s1. The van der Waals surface area contributed by atoms with Gasteiger partial charge in [-0.05, 0) is 24.1 Å². The van der Waals surface area contributed by atoms with E-state index in [1.165, 1.54) is 0 Å². The fourth-order valence-corrected chi connectivity index (χ4v) is 4.94. The minimum atomic E-state index is -0.776. The molecule has 2 aliphatic rings. The molecule has 0 saturated heterocycles. The van der Waals surface area contributed by atoms with E-state index in [2.05, 4.69) is 5.10 Å². The molecule has 0 N–H and O–H groups in total. The van der Waals surface area contributed by atoms with Gasteiger partial charge in [-0.1, -0.05) is 41.9 Å². The van der Waals surface area contributed by atoms with Crippen LogP contribution >= 0.6 is 11.6 Å². The maximum absolute atomic E-state index is 13.5. The van der Waals surface area contributed by atoms with Crippen LogP contribution in [0.4, 0.5) is 5.69 Å². The number of carbonyl (C=O) groups is 2. The summed E-state index contributed by atoms with van der Waals surface area (Å²) < 4.78 is 13.1. The molecule has 0 unspecified atom stereocenters. The second-order valence-electron chi connectivity index (χ2n) is 8.51. The van der Waals surface area contributed by atoms with E-state index in [1.807, 2.05) is 42.5 Å². The second-order valence-corrected chi connectivity index (χ2v) is 8.87.